The normalized spacial score (nSPS) is 14.8. The predicted octanol–water partition coefficient (Wildman–Crippen LogP) is 3.90. The third kappa shape index (κ3) is 5.12. The summed E-state index contributed by atoms with van der Waals surface area (Å²) in [6.45, 7) is 3.75. The zero-order valence-corrected chi connectivity index (χ0v) is 16.0. The van der Waals surface area contributed by atoms with Gasteiger partial charge in [0.25, 0.3) is 5.69 Å². The molecule has 0 unspecified atom stereocenters. The fourth-order valence-corrected chi connectivity index (χ4v) is 3.41. The minimum atomic E-state index is -0.436. The van der Waals surface area contributed by atoms with Gasteiger partial charge in [-0.3, -0.25) is 15.0 Å². The molecule has 1 fully saturated rings. The van der Waals surface area contributed by atoms with Gasteiger partial charge in [0, 0.05) is 50.5 Å². The summed E-state index contributed by atoms with van der Waals surface area (Å²) in [4.78, 5) is 14.7. The van der Waals surface area contributed by atoms with Crippen molar-refractivity contribution in [3.8, 4) is 0 Å². The van der Waals surface area contributed by atoms with Gasteiger partial charge in [-0.15, -0.1) is 0 Å². The first-order valence-corrected chi connectivity index (χ1v) is 9.17. The van der Waals surface area contributed by atoms with Crippen LogP contribution < -0.4 is 5.32 Å². The Bertz CT molecular complexity index is 859. The van der Waals surface area contributed by atoms with E-state index in [1.807, 2.05) is 4.90 Å². The Balaban J connectivity index is 1.52. The molecule has 0 amide bonds. The summed E-state index contributed by atoms with van der Waals surface area (Å²) < 4.78 is 13.3. The number of rotatable bonds is 4. The molecule has 1 N–H and O–H groups in total. The van der Waals surface area contributed by atoms with Crippen LogP contribution in [0.2, 0.25) is 5.02 Å². The van der Waals surface area contributed by atoms with Gasteiger partial charge in [-0.1, -0.05) is 23.7 Å². The molecule has 1 saturated heterocycles. The van der Waals surface area contributed by atoms with E-state index in [1.54, 1.807) is 24.3 Å². The summed E-state index contributed by atoms with van der Waals surface area (Å²) in [6.07, 6.45) is 0. The maximum Gasteiger partial charge on any atom is 0.271 e. The van der Waals surface area contributed by atoms with Gasteiger partial charge in [-0.25, -0.2) is 4.39 Å². The molecule has 9 heteroatoms. The van der Waals surface area contributed by atoms with Crippen LogP contribution in [0.4, 0.5) is 15.8 Å². The van der Waals surface area contributed by atoms with E-state index in [0.29, 0.717) is 17.3 Å². The number of non-ortho nitro benzene ring substituents is 1. The maximum absolute atomic E-state index is 13.3. The van der Waals surface area contributed by atoms with E-state index in [9.17, 15) is 14.5 Å². The van der Waals surface area contributed by atoms with Crippen molar-refractivity contribution in [3.05, 3.63) is 69.0 Å². The van der Waals surface area contributed by atoms with E-state index in [2.05, 4.69) is 10.2 Å². The first-order chi connectivity index (χ1) is 12.9. The zero-order chi connectivity index (χ0) is 19.4. The van der Waals surface area contributed by atoms with Crippen molar-refractivity contribution < 1.29 is 9.31 Å². The number of nitro groups is 1. The molecule has 6 nitrogen and oxygen atoms in total. The SMILES string of the molecule is O=[N+]([O-])c1cccc(NC(=S)N2CCN(Cc3ccc(F)c(Cl)c3)CC2)c1. The molecule has 0 bridgehead atoms. The van der Waals surface area contributed by atoms with Crippen LogP contribution in [0.25, 0.3) is 0 Å². The first-order valence-electron chi connectivity index (χ1n) is 8.39. The smallest absolute Gasteiger partial charge is 0.271 e. The van der Waals surface area contributed by atoms with Crippen LogP contribution in [0.1, 0.15) is 5.56 Å². The Morgan fingerprint density at radius 3 is 2.63 bits per heavy atom. The topological polar surface area (TPSA) is 61.7 Å². The number of nitro benzene ring substituents is 1. The molecule has 142 valence electrons. The fourth-order valence-electron chi connectivity index (χ4n) is 2.91. The van der Waals surface area contributed by atoms with Crippen LogP contribution in [0.3, 0.4) is 0 Å². The Morgan fingerprint density at radius 2 is 1.96 bits per heavy atom. The highest BCUT2D eigenvalue weighted by molar-refractivity contribution is 7.80. The maximum atomic E-state index is 13.3. The van der Waals surface area contributed by atoms with Gasteiger partial charge in [0.05, 0.1) is 9.95 Å². The van der Waals surface area contributed by atoms with Crippen molar-refractivity contribution in [1.82, 2.24) is 9.80 Å². The van der Waals surface area contributed by atoms with E-state index in [-0.39, 0.29) is 10.7 Å². The number of halogens is 2. The molecular weight excluding hydrogens is 391 g/mol. The minimum absolute atomic E-state index is 0.0191. The molecule has 0 spiro atoms. The van der Waals surface area contributed by atoms with Crippen LogP contribution in [0.15, 0.2) is 42.5 Å². The molecule has 0 radical (unpaired) electrons. The molecule has 3 rings (SSSR count). The third-order valence-electron chi connectivity index (χ3n) is 4.36. The van der Waals surface area contributed by atoms with E-state index >= 15 is 0 Å². The second kappa shape index (κ2) is 8.60. The van der Waals surface area contributed by atoms with Gasteiger partial charge in [0.2, 0.25) is 0 Å². The number of nitrogens with one attached hydrogen (secondary N) is 1. The molecule has 0 saturated carbocycles. The molecule has 0 aromatic heterocycles. The molecule has 0 atom stereocenters. The number of nitrogens with zero attached hydrogens (tertiary/aromatic N) is 3. The lowest BCUT2D eigenvalue weighted by Gasteiger charge is -2.36. The van der Waals surface area contributed by atoms with Crippen molar-refractivity contribution in [2.75, 3.05) is 31.5 Å². The van der Waals surface area contributed by atoms with Gasteiger partial charge in [-0.05, 0) is 36.0 Å². The minimum Gasteiger partial charge on any atom is -0.346 e. The van der Waals surface area contributed by atoms with Crippen LogP contribution in [-0.2, 0) is 6.54 Å². The number of anilines is 1. The summed E-state index contributed by atoms with van der Waals surface area (Å²) in [7, 11) is 0. The quantitative estimate of drug-likeness (QED) is 0.470. The lowest BCUT2D eigenvalue weighted by molar-refractivity contribution is -0.384. The van der Waals surface area contributed by atoms with Crippen LogP contribution >= 0.6 is 23.8 Å². The van der Waals surface area contributed by atoms with Crippen molar-refractivity contribution in [1.29, 1.82) is 0 Å². The highest BCUT2D eigenvalue weighted by Crippen LogP contribution is 2.19. The van der Waals surface area contributed by atoms with Crippen molar-refractivity contribution >= 4 is 40.3 Å². The Hall–Kier alpha value is -2.29. The number of benzene rings is 2. The largest absolute Gasteiger partial charge is 0.346 e. The summed E-state index contributed by atoms with van der Waals surface area (Å²) in [5.41, 5.74) is 1.58. The molecular formula is C18H18ClFN4O2S. The molecule has 27 heavy (non-hydrogen) atoms. The van der Waals surface area contributed by atoms with Crippen LogP contribution in [-0.4, -0.2) is 46.0 Å². The highest BCUT2D eigenvalue weighted by Gasteiger charge is 2.19. The number of hydrogen-bond acceptors (Lipinski definition) is 4. The average molecular weight is 409 g/mol. The van der Waals surface area contributed by atoms with Gasteiger partial charge in [0.15, 0.2) is 5.11 Å². The van der Waals surface area contributed by atoms with E-state index < -0.39 is 10.7 Å². The van der Waals surface area contributed by atoms with Gasteiger partial charge in [-0.2, -0.15) is 0 Å². The molecule has 1 aliphatic heterocycles. The predicted molar refractivity (Wildman–Crippen MR) is 108 cm³/mol. The van der Waals surface area contributed by atoms with Gasteiger partial charge in [0.1, 0.15) is 5.82 Å². The van der Waals surface area contributed by atoms with Crippen molar-refractivity contribution in [3.63, 3.8) is 0 Å². The number of piperazine rings is 1. The van der Waals surface area contributed by atoms with Crippen molar-refractivity contribution in [2.45, 2.75) is 6.54 Å². The average Bonchev–Trinajstić information content (AvgIpc) is 2.65. The monoisotopic (exact) mass is 408 g/mol. The van der Waals surface area contributed by atoms with E-state index in [0.717, 1.165) is 31.7 Å². The highest BCUT2D eigenvalue weighted by atomic mass is 35.5. The first kappa shape index (κ1) is 19.5. The van der Waals surface area contributed by atoms with Gasteiger partial charge >= 0.3 is 0 Å². The summed E-state index contributed by atoms with van der Waals surface area (Å²) >= 11 is 11.3. The zero-order valence-electron chi connectivity index (χ0n) is 14.4. The van der Waals surface area contributed by atoms with Crippen LogP contribution in [0, 0.1) is 15.9 Å². The number of hydrogen-bond donors (Lipinski definition) is 1. The Labute approximate surface area is 166 Å². The second-order valence-corrected chi connectivity index (χ2v) is 7.04. The lowest BCUT2D eigenvalue weighted by Crippen LogP contribution is -2.49. The Morgan fingerprint density at radius 1 is 1.22 bits per heavy atom. The summed E-state index contributed by atoms with van der Waals surface area (Å²) in [5, 5.41) is 14.6. The lowest BCUT2D eigenvalue weighted by atomic mass is 10.2. The standard InChI is InChI=1S/C18H18ClFN4O2S/c19-16-10-13(4-5-17(16)20)12-22-6-8-23(9-7-22)18(27)21-14-2-1-3-15(11-14)24(25)26/h1-5,10-11H,6-9,12H2,(H,21,27). The molecule has 1 aliphatic rings. The Kier molecular flexibility index (Phi) is 6.20. The van der Waals surface area contributed by atoms with Crippen molar-refractivity contribution in [2.24, 2.45) is 0 Å². The number of thiocarbonyl (C=S) groups is 1. The second-order valence-electron chi connectivity index (χ2n) is 6.25. The van der Waals surface area contributed by atoms with Gasteiger partial charge < -0.3 is 10.2 Å². The molecule has 1 heterocycles. The van der Waals surface area contributed by atoms with E-state index in [4.69, 9.17) is 23.8 Å². The summed E-state index contributed by atoms with van der Waals surface area (Å²) in [6, 6.07) is 11.0. The molecule has 2 aromatic carbocycles. The van der Waals surface area contributed by atoms with Crippen LogP contribution in [0.5, 0.6) is 0 Å². The summed E-state index contributed by atoms with van der Waals surface area (Å²) in [5.74, 6) is -0.414. The fraction of sp³-hybridized carbons (Fsp3) is 0.278. The molecule has 2 aromatic rings. The third-order valence-corrected chi connectivity index (χ3v) is 5.01. The van der Waals surface area contributed by atoms with E-state index in [1.165, 1.54) is 18.2 Å². The molecule has 0 aliphatic carbocycles.